The fraction of sp³-hybridized carbons (Fsp3) is 0.714. The summed E-state index contributed by atoms with van der Waals surface area (Å²) < 4.78 is 0. The molecule has 2 N–H and O–H groups in total. The van der Waals surface area contributed by atoms with E-state index in [0.29, 0.717) is 0 Å². The second-order valence-corrected chi connectivity index (χ2v) is 6.11. The number of aryl methyl sites for hydroxylation is 1. The Morgan fingerprint density at radius 1 is 1.21 bits per heavy atom. The van der Waals surface area contributed by atoms with Crippen molar-refractivity contribution in [1.82, 2.24) is 15.3 Å². The molecule has 0 aliphatic heterocycles. The van der Waals surface area contributed by atoms with Crippen molar-refractivity contribution < 1.29 is 0 Å². The summed E-state index contributed by atoms with van der Waals surface area (Å²) >= 11 is 0. The van der Waals surface area contributed by atoms with Gasteiger partial charge in [0.25, 0.3) is 0 Å². The van der Waals surface area contributed by atoms with Crippen LogP contribution in [0.5, 0.6) is 0 Å². The van der Waals surface area contributed by atoms with Gasteiger partial charge in [-0.15, -0.1) is 0 Å². The molecule has 0 atom stereocenters. The molecule has 0 unspecified atom stereocenters. The fourth-order valence-corrected chi connectivity index (χ4v) is 1.95. The molecule has 5 nitrogen and oxygen atoms in total. The minimum Gasteiger partial charge on any atom is -0.369 e. The Balaban J connectivity index is 2.78. The number of hydrogen-bond acceptors (Lipinski definition) is 5. The second-order valence-electron chi connectivity index (χ2n) is 6.11. The van der Waals surface area contributed by atoms with Crippen LogP contribution in [-0.2, 0) is 0 Å². The first-order valence-electron chi connectivity index (χ1n) is 6.77. The third kappa shape index (κ3) is 5.87. The van der Waals surface area contributed by atoms with Gasteiger partial charge in [0.05, 0.1) is 0 Å². The molecule has 0 aliphatic carbocycles. The average Bonchev–Trinajstić information content (AvgIpc) is 2.26. The molecule has 0 fully saturated rings. The molecule has 0 aliphatic rings. The average molecular weight is 265 g/mol. The van der Waals surface area contributed by atoms with Crippen molar-refractivity contribution >= 4 is 11.6 Å². The maximum atomic E-state index is 4.51. The molecule has 0 amide bonds. The van der Waals surface area contributed by atoms with Gasteiger partial charge >= 0.3 is 0 Å². The molecule has 108 valence electrons. The fourth-order valence-electron chi connectivity index (χ4n) is 1.95. The van der Waals surface area contributed by atoms with Crippen molar-refractivity contribution in [2.75, 3.05) is 43.9 Å². The van der Waals surface area contributed by atoms with Crippen LogP contribution in [-0.4, -0.2) is 43.7 Å². The molecule has 0 saturated carbocycles. The molecule has 0 radical (unpaired) electrons. The lowest BCUT2D eigenvalue weighted by atomic mass is 9.96. The van der Waals surface area contributed by atoms with Crippen LogP contribution in [0.3, 0.4) is 0 Å². The van der Waals surface area contributed by atoms with Crippen molar-refractivity contribution in [3.63, 3.8) is 0 Å². The predicted molar refractivity (Wildman–Crippen MR) is 81.9 cm³/mol. The number of nitrogens with one attached hydrogen (secondary N) is 2. The maximum Gasteiger partial charge on any atom is 0.134 e. The van der Waals surface area contributed by atoms with Gasteiger partial charge in [-0.1, -0.05) is 20.8 Å². The van der Waals surface area contributed by atoms with Crippen LogP contribution in [0.2, 0.25) is 0 Å². The summed E-state index contributed by atoms with van der Waals surface area (Å²) in [6.07, 6.45) is 0. The van der Waals surface area contributed by atoms with Crippen LogP contribution in [0.1, 0.15) is 26.6 Å². The first-order valence-corrected chi connectivity index (χ1v) is 6.77. The Kier molecular flexibility index (Phi) is 5.54. The Morgan fingerprint density at radius 3 is 2.47 bits per heavy atom. The topological polar surface area (TPSA) is 53.1 Å². The quantitative estimate of drug-likeness (QED) is 0.769. The SMILES string of the molecule is CNCCNc1cc(N(C)CC(C)(C)C)nc(C)n1. The summed E-state index contributed by atoms with van der Waals surface area (Å²) in [6.45, 7) is 11.3. The van der Waals surface area contributed by atoms with Gasteiger partial charge in [-0.25, -0.2) is 9.97 Å². The summed E-state index contributed by atoms with van der Waals surface area (Å²) in [4.78, 5) is 11.1. The molecule has 0 saturated heterocycles. The number of aromatic nitrogens is 2. The highest BCUT2D eigenvalue weighted by Gasteiger charge is 2.15. The van der Waals surface area contributed by atoms with E-state index in [2.05, 4.69) is 53.3 Å². The van der Waals surface area contributed by atoms with Crippen molar-refractivity contribution in [2.24, 2.45) is 5.41 Å². The van der Waals surface area contributed by atoms with Crippen molar-refractivity contribution in [1.29, 1.82) is 0 Å². The van der Waals surface area contributed by atoms with Gasteiger partial charge in [-0.2, -0.15) is 0 Å². The first-order chi connectivity index (χ1) is 8.81. The van der Waals surface area contributed by atoms with E-state index in [9.17, 15) is 0 Å². The molecule has 19 heavy (non-hydrogen) atoms. The Bertz CT molecular complexity index is 397. The van der Waals surface area contributed by atoms with Crippen LogP contribution in [0.15, 0.2) is 6.07 Å². The number of rotatable bonds is 6. The highest BCUT2D eigenvalue weighted by Crippen LogP contribution is 2.20. The van der Waals surface area contributed by atoms with Crippen LogP contribution >= 0.6 is 0 Å². The van der Waals surface area contributed by atoms with E-state index >= 15 is 0 Å². The van der Waals surface area contributed by atoms with E-state index in [4.69, 9.17) is 0 Å². The highest BCUT2D eigenvalue weighted by atomic mass is 15.2. The zero-order valence-corrected chi connectivity index (χ0v) is 13.0. The Hall–Kier alpha value is -1.36. The molecular weight excluding hydrogens is 238 g/mol. The van der Waals surface area contributed by atoms with Gasteiger partial charge in [-0.3, -0.25) is 0 Å². The number of anilines is 2. The zero-order valence-electron chi connectivity index (χ0n) is 13.0. The number of likely N-dealkylation sites (N-methyl/N-ethyl adjacent to an activating group) is 1. The molecule has 0 aromatic carbocycles. The van der Waals surface area contributed by atoms with Crippen LogP contribution in [0, 0.1) is 12.3 Å². The molecule has 1 heterocycles. The summed E-state index contributed by atoms with van der Waals surface area (Å²) in [5, 5.41) is 6.41. The van der Waals surface area contributed by atoms with Gasteiger partial charge in [0.2, 0.25) is 0 Å². The molecule has 0 spiro atoms. The predicted octanol–water partition coefficient (Wildman–Crippen LogP) is 1.90. The van der Waals surface area contributed by atoms with E-state index in [0.717, 1.165) is 37.1 Å². The normalized spacial score (nSPS) is 11.5. The molecule has 0 bridgehead atoms. The van der Waals surface area contributed by atoms with Gasteiger partial charge in [0.1, 0.15) is 17.5 Å². The third-order valence-electron chi connectivity index (χ3n) is 2.61. The molecule has 1 rings (SSSR count). The van der Waals surface area contributed by atoms with Crippen LogP contribution in [0.25, 0.3) is 0 Å². The number of hydrogen-bond donors (Lipinski definition) is 2. The van der Waals surface area contributed by atoms with Gasteiger partial charge < -0.3 is 15.5 Å². The van der Waals surface area contributed by atoms with Crippen molar-refractivity contribution in [3.8, 4) is 0 Å². The maximum absolute atomic E-state index is 4.51. The largest absolute Gasteiger partial charge is 0.369 e. The lowest BCUT2D eigenvalue weighted by Crippen LogP contribution is -2.30. The van der Waals surface area contributed by atoms with E-state index in [-0.39, 0.29) is 5.41 Å². The van der Waals surface area contributed by atoms with E-state index < -0.39 is 0 Å². The van der Waals surface area contributed by atoms with E-state index in [1.54, 1.807) is 0 Å². The van der Waals surface area contributed by atoms with E-state index in [1.165, 1.54) is 0 Å². The molecule has 5 heteroatoms. The lowest BCUT2D eigenvalue weighted by Gasteiger charge is -2.27. The minimum atomic E-state index is 0.243. The Morgan fingerprint density at radius 2 is 1.89 bits per heavy atom. The third-order valence-corrected chi connectivity index (χ3v) is 2.61. The van der Waals surface area contributed by atoms with Crippen molar-refractivity contribution in [3.05, 3.63) is 11.9 Å². The summed E-state index contributed by atoms with van der Waals surface area (Å²) in [5.41, 5.74) is 0.243. The van der Waals surface area contributed by atoms with Gasteiger partial charge in [0.15, 0.2) is 0 Å². The Labute approximate surface area is 116 Å². The van der Waals surface area contributed by atoms with E-state index in [1.807, 2.05) is 20.0 Å². The van der Waals surface area contributed by atoms with Gasteiger partial charge in [-0.05, 0) is 19.4 Å². The summed E-state index contributed by atoms with van der Waals surface area (Å²) in [6, 6.07) is 2.01. The zero-order chi connectivity index (χ0) is 14.5. The molecule has 1 aromatic rings. The molecular formula is C14H27N5. The van der Waals surface area contributed by atoms with Gasteiger partial charge in [0, 0.05) is 32.7 Å². The van der Waals surface area contributed by atoms with Crippen LogP contribution < -0.4 is 15.5 Å². The minimum absolute atomic E-state index is 0.243. The monoisotopic (exact) mass is 265 g/mol. The van der Waals surface area contributed by atoms with Crippen molar-refractivity contribution in [2.45, 2.75) is 27.7 Å². The lowest BCUT2D eigenvalue weighted by molar-refractivity contribution is 0.417. The summed E-state index contributed by atoms with van der Waals surface area (Å²) in [5.74, 6) is 2.65. The number of nitrogens with zero attached hydrogens (tertiary/aromatic N) is 3. The summed E-state index contributed by atoms with van der Waals surface area (Å²) in [7, 11) is 4.01. The molecule has 1 aromatic heterocycles. The smallest absolute Gasteiger partial charge is 0.134 e. The van der Waals surface area contributed by atoms with Crippen LogP contribution in [0.4, 0.5) is 11.6 Å². The second kappa shape index (κ2) is 6.70. The first kappa shape index (κ1) is 15.7. The standard InChI is InChI=1S/C14H27N5/c1-11-17-12(16-8-7-15-5)9-13(18-11)19(6)10-14(2,3)4/h9,15H,7-8,10H2,1-6H3,(H,16,17,18). The highest BCUT2D eigenvalue weighted by molar-refractivity contribution is 5.49.